The molecule has 5 aromatic rings. The van der Waals surface area contributed by atoms with E-state index in [9.17, 15) is 19.2 Å². The predicted molar refractivity (Wildman–Crippen MR) is 234 cm³/mol. The number of rotatable bonds is 10. The number of nitrogens with zero attached hydrogens (tertiary/aromatic N) is 8. The number of piperidine rings is 4. The van der Waals surface area contributed by atoms with Gasteiger partial charge in [-0.3, -0.25) is 34.3 Å². The normalized spacial score (nSPS) is 22.1. The van der Waals surface area contributed by atoms with Gasteiger partial charge in [-0.15, -0.1) is 0 Å². The van der Waals surface area contributed by atoms with E-state index in [0.29, 0.717) is 28.9 Å². The van der Waals surface area contributed by atoms with Gasteiger partial charge >= 0.3 is 0 Å². The summed E-state index contributed by atoms with van der Waals surface area (Å²) in [6.07, 6.45) is 9.57. The van der Waals surface area contributed by atoms with Crippen LogP contribution in [0.25, 0.3) is 22.3 Å². The van der Waals surface area contributed by atoms with Crippen molar-refractivity contribution < 1.29 is 23.9 Å². The molecule has 5 aliphatic heterocycles. The number of nitrogen functional groups attached to an aromatic ring is 1. The van der Waals surface area contributed by atoms with E-state index in [0.717, 1.165) is 129 Å². The topological polar surface area (TPSA) is 172 Å². The van der Waals surface area contributed by atoms with E-state index in [1.54, 1.807) is 18.5 Å². The number of para-hydroxylation sites is 1. The lowest BCUT2D eigenvalue weighted by atomic mass is 9.92. The molecule has 62 heavy (non-hydrogen) atoms. The molecule has 0 radical (unpaired) electrons. The average molecular weight is 837 g/mol. The van der Waals surface area contributed by atoms with Crippen molar-refractivity contribution in [3.05, 3.63) is 90.3 Å². The molecule has 4 fully saturated rings. The largest absolute Gasteiger partial charge is 0.457 e. The molecule has 0 bridgehead atoms. The van der Waals surface area contributed by atoms with Gasteiger partial charge in [0.1, 0.15) is 35.4 Å². The van der Waals surface area contributed by atoms with Crippen LogP contribution in [0.1, 0.15) is 84.5 Å². The van der Waals surface area contributed by atoms with Gasteiger partial charge in [0, 0.05) is 43.3 Å². The molecule has 0 saturated carbocycles. The Bertz CT molecular complexity index is 2490. The van der Waals surface area contributed by atoms with Crippen molar-refractivity contribution in [1.82, 2.24) is 39.8 Å². The summed E-state index contributed by atoms with van der Waals surface area (Å²) < 4.78 is 8.14. The Balaban J connectivity index is 0.710. The highest BCUT2D eigenvalue weighted by molar-refractivity contribution is 6.23. The Morgan fingerprint density at radius 3 is 2.29 bits per heavy atom. The molecule has 5 aliphatic rings. The number of anilines is 2. The molecule has 0 spiro atoms. The molecule has 15 nitrogen and oxygen atoms in total. The monoisotopic (exact) mass is 836 g/mol. The second-order valence-corrected chi connectivity index (χ2v) is 17.5. The minimum atomic E-state index is -0.959. The third-order valence-electron chi connectivity index (χ3n) is 13.7. The SMILES string of the molecule is Nc1ncnc2c1c(-c1ccc(Oc3ccccc3)cc1)nn2[C@@H]1CCCN(C2CCN(CCC3CCN(c4ccc5c(c4)C(=O)N(C4CCC(=O)NC4=O)C5=O)CC3)CC2)C1. The van der Waals surface area contributed by atoms with E-state index in [1.807, 2.05) is 60.7 Å². The first kappa shape index (κ1) is 39.9. The molecule has 15 heteroatoms. The number of carbonyl (C=O) groups excluding carboxylic acids is 4. The third kappa shape index (κ3) is 7.79. The summed E-state index contributed by atoms with van der Waals surface area (Å²) in [7, 11) is 0. The van der Waals surface area contributed by atoms with Crippen molar-refractivity contribution in [2.45, 2.75) is 75.9 Å². The minimum Gasteiger partial charge on any atom is -0.457 e. The zero-order chi connectivity index (χ0) is 42.3. The summed E-state index contributed by atoms with van der Waals surface area (Å²) in [6.45, 7) is 7.12. The Morgan fingerprint density at radius 2 is 1.52 bits per heavy atom. The van der Waals surface area contributed by atoms with Crippen LogP contribution in [0.3, 0.4) is 0 Å². The summed E-state index contributed by atoms with van der Waals surface area (Å²) in [4.78, 5) is 68.4. The second kappa shape index (κ2) is 16.9. The van der Waals surface area contributed by atoms with Crippen LogP contribution in [0.2, 0.25) is 0 Å². The van der Waals surface area contributed by atoms with Crippen molar-refractivity contribution in [2.75, 3.05) is 56.4 Å². The van der Waals surface area contributed by atoms with E-state index in [4.69, 9.17) is 20.6 Å². The molecule has 3 N–H and O–H groups in total. The predicted octanol–water partition coefficient (Wildman–Crippen LogP) is 5.68. The van der Waals surface area contributed by atoms with Crippen LogP contribution in [0.15, 0.2) is 79.1 Å². The molecule has 2 atom stereocenters. The minimum absolute atomic E-state index is 0.104. The first-order chi connectivity index (χ1) is 30.3. The number of imide groups is 2. The number of hydrogen-bond acceptors (Lipinski definition) is 12. The number of benzene rings is 3. The van der Waals surface area contributed by atoms with Gasteiger partial charge in [-0.25, -0.2) is 14.6 Å². The van der Waals surface area contributed by atoms with Gasteiger partial charge in [0.2, 0.25) is 11.8 Å². The third-order valence-corrected chi connectivity index (χ3v) is 13.7. The van der Waals surface area contributed by atoms with Gasteiger partial charge < -0.3 is 20.3 Å². The molecule has 4 saturated heterocycles. The lowest BCUT2D eigenvalue weighted by molar-refractivity contribution is -0.136. The highest BCUT2D eigenvalue weighted by atomic mass is 16.5. The van der Waals surface area contributed by atoms with E-state index in [-0.39, 0.29) is 24.8 Å². The maximum Gasteiger partial charge on any atom is 0.262 e. The number of hydrogen-bond donors (Lipinski definition) is 2. The van der Waals surface area contributed by atoms with Gasteiger partial charge in [-0.2, -0.15) is 5.10 Å². The van der Waals surface area contributed by atoms with Crippen molar-refractivity contribution in [1.29, 1.82) is 0 Å². The molecule has 3 aromatic carbocycles. The fourth-order valence-corrected chi connectivity index (χ4v) is 10.3. The van der Waals surface area contributed by atoms with Gasteiger partial charge in [0.25, 0.3) is 11.8 Å². The lowest BCUT2D eigenvalue weighted by Gasteiger charge is -2.42. The van der Waals surface area contributed by atoms with Crippen LogP contribution in [0.5, 0.6) is 11.5 Å². The number of carbonyl (C=O) groups is 4. The Morgan fingerprint density at radius 1 is 0.758 bits per heavy atom. The maximum absolute atomic E-state index is 13.4. The van der Waals surface area contributed by atoms with Crippen molar-refractivity contribution in [2.24, 2.45) is 5.92 Å². The zero-order valence-corrected chi connectivity index (χ0v) is 34.8. The Kier molecular flexibility index (Phi) is 10.9. The zero-order valence-electron chi connectivity index (χ0n) is 34.8. The average Bonchev–Trinajstić information content (AvgIpc) is 3.81. The van der Waals surface area contributed by atoms with Crippen LogP contribution in [0.4, 0.5) is 11.5 Å². The fourth-order valence-electron chi connectivity index (χ4n) is 10.3. The maximum atomic E-state index is 13.4. The van der Waals surface area contributed by atoms with Crippen molar-refractivity contribution in [3.63, 3.8) is 0 Å². The number of amides is 4. The van der Waals surface area contributed by atoms with Crippen LogP contribution < -0.4 is 20.7 Å². The van der Waals surface area contributed by atoms with E-state index in [1.165, 1.54) is 6.42 Å². The molecular formula is C47H52N10O5. The smallest absolute Gasteiger partial charge is 0.262 e. The lowest BCUT2D eigenvalue weighted by Crippen LogP contribution is -2.54. The molecule has 1 unspecified atom stereocenters. The summed E-state index contributed by atoms with van der Waals surface area (Å²) in [6, 6.07) is 22.9. The number of nitrogens with one attached hydrogen (secondary N) is 1. The molecule has 2 aromatic heterocycles. The first-order valence-corrected chi connectivity index (χ1v) is 22.2. The number of likely N-dealkylation sites (tertiary alicyclic amines) is 2. The van der Waals surface area contributed by atoms with E-state index in [2.05, 4.69) is 29.7 Å². The van der Waals surface area contributed by atoms with Crippen LogP contribution in [0, 0.1) is 5.92 Å². The molecule has 7 heterocycles. The first-order valence-electron chi connectivity index (χ1n) is 22.2. The van der Waals surface area contributed by atoms with Crippen molar-refractivity contribution in [3.8, 4) is 22.8 Å². The van der Waals surface area contributed by atoms with E-state index < -0.39 is 23.8 Å². The Labute approximate surface area is 360 Å². The number of fused-ring (bicyclic) bond motifs is 2. The summed E-state index contributed by atoms with van der Waals surface area (Å²) in [5, 5.41) is 8.24. The van der Waals surface area contributed by atoms with Crippen LogP contribution in [-0.2, 0) is 9.59 Å². The Hall–Kier alpha value is -6.19. The molecular weight excluding hydrogens is 785 g/mol. The van der Waals surface area contributed by atoms with Gasteiger partial charge in [0.15, 0.2) is 5.65 Å². The molecule has 10 rings (SSSR count). The fraction of sp³-hybridized carbons (Fsp3) is 0.426. The molecule has 0 aliphatic carbocycles. The van der Waals surface area contributed by atoms with E-state index >= 15 is 0 Å². The number of aromatic nitrogens is 4. The highest BCUT2D eigenvalue weighted by Crippen LogP contribution is 2.37. The summed E-state index contributed by atoms with van der Waals surface area (Å²) in [5.41, 5.74) is 10.6. The molecule has 320 valence electrons. The summed E-state index contributed by atoms with van der Waals surface area (Å²) >= 11 is 0. The number of nitrogens with two attached hydrogens (primary N) is 1. The quantitative estimate of drug-likeness (QED) is 0.165. The van der Waals surface area contributed by atoms with Crippen molar-refractivity contribution >= 4 is 46.2 Å². The highest BCUT2D eigenvalue weighted by Gasteiger charge is 2.45. The summed E-state index contributed by atoms with van der Waals surface area (Å²) in [5.74, 6) is 0.701. The molecule has 4 amide bonds. The van der Waals surface area contributed by atoms with Gasteiger partial charge in [-0.1, -0.05) is 18.2 Å². The number of ether oxygens (including phenoxy) is 1. The standard InChI is InChI=1S/C47H52N10O5/c48-43-41-42(31-8-11-36(12-9-31)62-35-6-2-1-3-7-35)52-57(44(41)50-29-49-43)34-5-4-21-55(28-34)32-19-23-53(24-20-32)22-16-30-17-25-54(26-18-30)33-10-13-37-38(27-33)47(61)56(46(37)60)39-14-15-40(58)51-45(39)59/h1-3,6-13,27,29-30,32,34,39H,4-5,14-26,28H2,(H2,48,49,50)(H,51,58,59)/t34-,39?/m1/s1. The van der Waals surface area contributed by atoms with Gasteiger partial charge in [-0.05, 0) is 138 Å². The van der Waals surface area contributed by atoms with Crippen LogP contribution >= 0.6 is 0 Å². The van der Waals surface area contributed by atoms with Crippen LogP contribution in [-0.4, -0.2) is 116 Å². The second-order valence-electron chi connectivity index (χ2n) is 17.5. The van der Waals surface area contributed by atoms with Gasteiger partial charge in [0.05, 0.1) is 22.6 Å².